The van der Waals surface area contributed by atoms with Crippen LogP contribution in [0.1, 0.15) is 17.9 Å². The molecule has 1 rings (SSSR count). The van der Waals surface area contributed by atoms with Crippen molar-refractivity contribution in [3.63, 3.8) is 0 Å². The van der Waals surface area contributed by atoms with Crippen molar-refractivity contribution in [3.8, 4) is 0 Å². The number of hydrogen-bond acceptors (Lipinski definition) is 5. The van der Waals surface area contributed by atoms with Crippen LogP contribution >= 0.6 is 12.6 Å². The Kier molecular flexibility index (Phi) is 3.66. The van der Waals surface area contributed by atoms with Crippen LogP contribution in [0.25, 0.3) is 0 Å². The van der Waals surface area contributed by atoms with E-state index < -0.39 is 22.5 Å². The van der Waals surface area contributed by atoms with Crippen molar-refractivity contribution >= 4 is 24.4 Å². The average Bonchev–Trinajstić information content (AvgIpc) is 2.27. The van der Waals surface area contributed by atoms with Gasteiger partial charge in [0, 0.05) is 6.20 Å². The first kappa shape index (κ1) is 12.7. The molecule has 0 aliphatic rings. The number of thiol groups is 1. The summed E-state index contributed by atoms with van der Waals surface area (Å²) in [7, 11) is 0. The molecule has 16 heavy (non-hydrogen) atoms. The predicted molar refractivity (Wildman–Crippen MR) is 61.2 cm³/mol. The van der Waals surface area contributed by atoms with Gasteiger partial charge in [0.05, 0.1) is 10.9 Å². The lowest BCUT2D eigenvalue weighted by molar-refractivity contribution is -0.147. The zero-order valence-corrected chi connectivity index (χ0v) is 9.52. The summed E-state index contributed by atoms with van der Waals surface area (Å²) in [5.41, 5.74) is 3.89. The van der Waals surface area contributed by atoms with Crippen molar-refractivity contribution in [1.82, 2.24) is 4.98 Å². The number of ketones is 1. The third kappa shape index (κ3) is 2.07. The third-order valence-electron chi connectivity index (χ3n) is 2.34. The van der Waals surface area contributed by atoms with Crippen LogP contribution in [0.15, 0.2) is 24.4 Å². The van der Waals surface area contributed by atoms with Gasteiger partial charge in [0.2, 0.25) is 0 Å². The molecule has 0 aliphatic carbocycles. The zero-order valence-electron chi connectivity index (χ0n) is 8.62. The zero-order chi connectivity index (χ0) is 12.3. The Labute approximate surface area is 98.1 Å². The number of carbonyl (C=O) groups is 2. The first-order valence-electron chi connectivity index (χ1n) is 4.53. The van der Waals surface area contributed by atoms with E-state index in [2.05, 4.69) is 17.6 Å². The van der Waals surface area contributed by atoms with Crippen molar-refractivity contribution < 1.29 is 14.7 Å². The minimum Gasteiger partial charge on any atom is -0.479 e. The Hall–Kier alpha value is -1.40. The number of Topliss-reactive ketones (excluding diaryl/α,β-unsaturated/α-hetero) is 1. The van der Waals surface area contributed by atoms with E-state index in [0.29, 0.717) is 5.69 Å². The second kappa shape index (κ2) is 4.63. The first-order valence-corrected chi connectivity index (χ1v) is 5.04. The molecule has 3 N–H and O–H groups in total. The van der Waals surface area contributed by atoms with Crippen molar-refractivity contribution in [2.75, 3.05) is 0 Å². The van der Waals surface area contributed by atoms with Gasteiger partial charge in [0.25, 0.3) is 0 Å². The van der Waals surface area contributed by atoms with E-state index in [4.69, 9.17) is 10.8 Å². The van der Waals surface area contributed by atoms with E-state index in [1.165, 1.54) is 6.20 Å². The van der Waals surface area contributed by atoms with Crippen LogP contribution in [0.2, 0.25) is 0 Å². The number of pyridine rings is 1. The maximum atomic E-state index is 11.3. The molecule has 0 amide bonds. The fourth-order valence-electron chi connectivity index (χ4n) is 1.23. The molecule has 86 valence electrons. The first-order chi connectivity index (χ1) is 7.40. The molecule has 5 nitrogen and oxygen atoms in total. The van der Waals surface area contributed by atoms with E-state index in [9.17, 15) is 9.59 Å². The lowest BCUT2D eigenvalue weighted by Crippen LogP contribution is -2.57. The van der Waals surface area contributed by atoms with Crippen LogP contribution in [0.5, 0.6) is 0 Å². The molecule has 0 saturated carbocycles. The fraction of sp³-hybridized carbons (Fsp3) is 0.300. The molecule has 1 heterocycles. The molecule has 0 bridgehead atoms. The van der Waals surface area contributed by atoms with Gasteiger partial charge in [-0.3, -0.25) is 9.78 Å². The summed E-state index contributed by atoms with van der Waals surface area (Å²) in [5, 5.41) is 8.03. The van der Waals surface area contributed by atoms with Gasteiger partial charge in [0.15, 0.2) is 11.3 Å². The number of aliphatic carboxylic acids is 1. The quantitative estimate of drug-likeness (QED) is 0.524. The Balaban J connectivity index is 3.16. The van der Waals surface area contributed by atoms with Gasteiger partial charge in [-0.25, -0.2) is 4.79 Å². The van der Waals surface area contributed by atoms with Crippen LogP contribution in [-0.2, 0) is 9.59 Å². The van der Waals surface area contributed by atoms with Crippen LogP contribution in [0.3, 0.4) is 0 Å². The molecule has 1 aromatic rings. The monoisotopic (exact) mass is 240 g/mol. The third-order valence-corrected chi connectivity index (χ3v) is 3.01. The van der Waals surface area contributed by atoms with Gasteiger partial charge in [-0.05, 0) is 19.1 Å². The van der Waals surface area contributed by atoms with E-state index in [1.54, 1.807) is 18.2 Å². The van der Waals surface area contributed by atoms with Gasteiger partial charge in [0.1, 0.15) is 0 Å². The summed E-state index contributed by atoms with van der Waals surface area (Å²) in [5.74, 6) is -2.07. The van der Waals surface area contributed by atoms with Crippen molar-refractivity contribution in [2.45, 2.75) is 17.7 Å². The summed E-state index contributed by atoms with van der Waals surface area (Å²) in [4.78, 5) is 26.3. The minimum absolute atomic E-state index is 0.353. The Bertz CT molecular complexity index is 394. The Morgan fingerprint density at radius 2 is 2.19 bits per heavy atom. The van der Waals surface area contributed by atoms with Gasteiger partial charge >= 0.3 is 5.97 Å². The van der Waals surface area contributed by atoms with Gasteiger partial charge < -0.3 is 10.8 Å². The number of hydrogen-bond donors (Lipinski definition) is 3. The number of carboxylic acids is 1. The summed E-state index contributed by atoms with van der Waals surface area (Å²) >= 11 is 4.09. The highest BCUT2D eigenvalue weighted by Crippen LogP contribution is 2.29. The topological polar surface area (TPSA) is 93.3 Å². The Morgan fingerprint density at radius 3 is 2.56 bits per heavy atom. The number of carbonyl (C=O) groups excluding carboxylic acids is 1. The molecule has 0 radical (unpaired) electrons. The summed E-state index contributed by atoms with van der Waals surface area (Å²) in [6.45, 7) is 1.13. The van der Waals surface area contributed by atoms with Crippen molar-refractivity contribution in [1.29, 1.82) is 0 Å². The number of rotatable bonds is 4. The highest BCUT2D eigenvalue weighted by molar-refractivity contribution is 7.80. The number of carboxylic acid groups (broad SMARTS) is 1. The van der Waals surface area contributed by atoms with Gasteiger partial charge in [-0.1, -0.05) is 6.07 Å². The van der Waals surface area contributed by atoms with E-state index in [1.807, 2.05) is 0 Å². The van der Waals surface area contributed by atoms with Gasteiger partial charge in [-0.2, -0.15) is 12.6 Å². The highest BCUT2D eigenvalue weighted by Gasteiger charge is 2.46. The molecule has 2 unspecified atom stereocenters. The van der Waals surface area contributed by atoms with Crippen LogP contribution < -0.4 is 5.73 Å². The predicted octanol–water partition coefficient (Wildman–Crippen LogP) is 0.424. The minimum atomic E-state index is -2.06. The largest absolute Gasteiger partial charge is 0.479 e. The molecule has 0 aromatic carbocycles. The molecule has 0 spiro atoms. The summed E-state index contributed by atoms with van der Waals surface area (Å²) < 4.78 is 0. The van der Waals surface area contributed by atoms with Gasteiger partial charge in [-0.15, -0.1) is 0 Å². The van der Waals surface area contributed by atoms with E-state index in [0.717, 1.165) is 6.92 Å². The molecule has 2 atom stereocenters. The molecule has 0 aliphatic heterocycles. The fourth-order valence-corrected chi connectivity index (χ4v) is 1.68. The normalized spacial score (nSPS) is 16.2. The number of nitrogens with two attached hydrogens (primary N) is 1. The van der Waals surface area contributed by atoms with Crippen LogP contribution in [-0.4, -0.2) is 27.4 Å². The number of aromatic nitrogens is 1. The van der Waals surface area contributed by atoms with E-state index >= 15 is 0 Å². The maximum Gasteiger partial charge on any atom is 0.333 e. The lowest BCUT2D eigenvalue weighted by atomic mass is 9.89. The lowest BCUT2D eigenvalue weighted by Gasteiger charge is -2.27. The average molecular weight is 240 g/mol. The molecular formula is C10H12N2O3S. The summed E-state index contributed by atoms with van der Waals surface area (Å²) in [6.07, 6.45) is 1.49. The second-order valence-electron chi connectivity index (χ2n) is 3.39. The van der Waals surface area contributed by atoms with Crippen molar-refractivity contribution in [2.24, 2.45) is 5.73 Å². The second-order valence-corrected chi connectivity index (χ2v) is 3.90. The smallest absolute Gasteiger partial charge is 0.333 e. The molecule has 0 saturated heterocycles. The molecule has 0 fully saturated rings. The molecular weight excluding hydrogens is 228 g/mol. The van der Waals surface area contributed by atoms with Crippen LogP contribution in [0.4, 0.5) is 0 Å². The van der Waals surface area contributed by atoms with Crippen LogP contribution in [0, 0.1) is 0 Å². The number of nitrogens with zero attached hydrogens (tertiary/aromatic N) is 1. The standard InChI is InChI=1S/C10H12N2O3S/c1-6(13)10(11,9(14)15)8(16)7-4-2-3-5-12-7/h2-5,8,16H,11H2,1H3,(H,14,15). The SMILES string of the molecule is CC(=O)C(N)(C(=O)O)C(S)c1ccccn1. The summed E-state index contributed by atoms with van der Waals surface area (Å²) in [6, 6.07) is 4.93. The maximum absolute atomic E-state index is 11.3. The molecule has 6 heteroatoms. The van der Waals surface area contributed by atoms with Crippen molar-refractivity contribution in [3.05, 3.63) is 30.1 Å². The molecule has 1 aromatic heterocycles. The van der Waals surface area contributed by atoms with E-state index in [-0.39, 0.29) is 0 Å². The Morgan fingerprint density at radius 1 is 1.56 bits per heavy atom. The highest BCUT2D eigenvalue weighted by atomic mass is 32.1.